The average Bonchev–Trinajstić information content (AvgIpc) is 3.23. The molecule has 2 rings (SSSR count). The van der Waals surface area contributed by atoms with Crippen molar-refractivity contribution in [2.24, 2.45) is 5.92 Å². The molecule has 1 N–H and O–H groups in total. The molecule has 0 radical (unpaired) electrons. The summed E-state index contributed by atoms with van der Waals surface area (Å²) in [6.45, 7) is 4.16. The van der Waals surface area contributed by atoms with E-state index in [-0.39, 0.29) is 11.9 Å². The summed E-state index contributed by atoms with van der Waals surface area (Å²) < 4.78 is 0. The Morgan fingerprint density at radius 2 is 1.84 bits per heavy atom. The number of rotatable bonds is 5. The molecule has 19 heavy (non-hydrogen) atoms. The third kappa shape index (κ3) is 3.61. The molecule has 0 aromatic rings. The first kappa shape index (κ1) is 14.2. The molecule has 0 bridgehead atoms. The summed E-state index contributed by atoms with van der Waals surface area (Å²) in [4.78, 5) is 27.2. The fourth-order valence-electron chi connectivity index (χ4n) is 2.65. The molecule has 108 valence electrons. The van der Waals surface area contributed by atoms with Crippen LogP contribution in [0.25, 0.3) is 0 Å². The van der Waals surface area contributed by atoms with Crippen molar-refractivity contribution in [3.8, 4) is 0 Å². The molecule has 1 aliphatic carbocycles. The second-order valence-corrected chi connectivity index (χ2v) is 5.66. The van der Waals surface area contributed by atoms with Crippen molar-refractivity contribution in [3.63, 3.8) is 0 Å². The number of carbonyl (C=O) groups is 2. The lowest BCUT2D eigenvalue weighted by Gasteiger charge is -2.35. The Hall–Kier alpha value is -1.26. The van der Waals surface area contributed by atoms with Gasteiger partial charge in [0, 0.05) is 25.7 Å². The molecule has 5 nitrogen and oxygen atoms in total. The van der Waals surface area contributed by atoms with Crippen LogP contribution in [0.3, 0.4) is 0 Å². The zero-order valence-electron chi connectivity index (χ0n) is 11.7. The Morgan fingerprint density at radius 3 is 2.32 bits per heavy atom. The van der Waals surface area contributed by atoms with Crippen LogP contribution in [0, 0.1) is 5.92 Å². The predicted octanol–water partition coefficient (Wildman–Crippen LogP) is 2.17. The summed E-state index contributed by atoms with van der Waals surface area (Å²) in [6.07, 6.45) is 5.58. The van der Waals surface area contributed by atoms with Crippen LogP contribution in [0.1, 0.15) is 45.4 Å². The number of urea groups is 1. The molecule has 0 unspecified atom stereocenters. The van der Waals surface area contributed by atoms with Crippen molar-refractivity contribution < 1.29 is 14.7 Å². The van der Waals surface area contributed by atoms with Crippen LogP contribution in [0.4, 0.5) is 4.79 Å². The second-order valence-electron chi connectivity index (χ2n) is 5.66. The Morgan fingerprint density at radius 1 is 1.21 bits per heavy atom. The quantitative estimate of drug-likeness (QED) is 0.831. The van der Waals surface area contributed by atoms with Gasteiger partial charge in [-0.15, -0.1) is 0 Å². The molecule has 1 heterocycles. The van der Waals surface area contributed by atoms with E-state index in [2.05, 4.69) is 6.92 Å². The summed E-state index contributed by atoms with van der Waals surface area (Å²) in [5, 5.41) is 8.97. The molecule has 0 aromatic heterocycles. The highest BCUT2D eigenvalue weighted by molar-refractivity contribution is 5.76. The Bertz CT molecular complexity index is 334. The van der Waals surface area contributed by atoms with E-state index in [0.29, 0.717) is 32.0 Å². The molecule has 2 aliphatic rings. The highest BCUT2D eigenvalue weighted by atomic mass is 16.4. The maximum Gasteiger partial charge on any atom is 0.320 e. The molecule has 2 amide bonds. The van der Waals surface area contributed by atoms with Crippen LogP contribution in [-0.2, 0) is 4.79 Å². The van der Waals surface area contributed by atoms with Gasteiger partial charge in [0.2, 0.25) is 0 Å². The molecule has 1 saturated heterocycles. The van der Waals surface area contributed by atoms with Gasteiger partial charge in [0.25, 0.3) is 0 Å². The molecular weight excluding hydrogens is 244 g/mol. The van der Waals surface area contributed by atoms with E-state index in [4.69, 9.17) is 5.11 Å². The number of unbranched alkanes of at least 4 members (excludes halogenated alkanes) is 1. The van der Waals surface area contributed by atoms with Crippen molar-refractivity contribution in [3.05, 3.63) is 0 Å². The van der Waals surface area contributed by atoms with Gasteiger partial charge in [-0.2, -0.15) is 0 Å². The van der Waals surface area contributed by atoms with Gasteiger partial charge in [0.15, 0.2) is 0 Å². The zero-order valence-corrected chi connectivity index (χ0v) is 11.7. The number of hydrogen-bond acceptors (Lipinski definition) is 2. The van der Waals surface area contributed by atoms with Crippen molar-refractivity contribution in [1.82, 2.24) is 9.80 Å². The topological polar surface area (TPSA) is 60.9 Å². The van der Waals surface area contributed by atoms with E-state index in [1.54, 1.807) is 0 Å². The van der Waals surface area contributed by atoms with Crippen LogP contribution in [-0.4, -0.2) is 52.6 Å². The number of hydrogen-bond donors (Lipinski definition) is 1. The van der Waals surface area contributed by atoms with Crippen LogP contribution in [0.15, 0.2) is 0 Å². The molecule has 1 aliphatic heterocycles. The van der Waals surface area contributed by atoms with Crippen LogP contribution in [0.2, 0.25) is 0 Å². The van der Waals surface area contributed by atoms with E-state index >= 15 is 0 Å². The first-order chi connectivity index (χ1) is 9.13. The van der Waals surface area contributed by atoms with Crippen molar-refractivity contribution in [2.45, 2.75) is 51.5 Å². The molecule has 0 atom stereocenters. The highest BCUT2D eigenvalue weighted by Gasteiger charge is 2.36. The third-order valence-corrected chi connectivity index (χ3v) is 4.10. The summed E-state index contributed by atoms with van der Waals surface area (Å²) in [5.41, 5.74) is 0. The number of nitrogens with zero attached hydrogens (tertiary/aromatic N) is 2. The van der Waals surface area contributed by atoms with Gasteiger partial charge in [-0.25, -0.2) is 4.79 Å². The smallest absolute Gasteiger partial charge is 0.320 e. The number of likely N-dealkylation sites (tertiary alicyclic amines) is 1. The lowest BCUT2D eigenvalue weighted by Crippen LogP contribution is -2.48. The van der Waals surface area contributed by atoms with Crippen LogP contribution in [0.5, 0.6) is 0 Å². The summed E-state index contributed by atoms with van der Waals surface area (Å²) >= 11 is 0. The van der Waals surface area contributed by atoms with Crippen LogP contribution >= 0.6 is 0 Å². The van der Waals surface area contributed by atoms with Gasteiger partial charge in [0.1, 0.15) is 0 Å². The van der Waals surface area contributed by atoms with Gasteiger partial charge in [-0.05, 0) is 32.1 Å². The summed E-state index contributed by atoms with van der Waals surface area (Å²) in [6, 6.07) is 0.566. The monoisotopic (exact) mass is 268 g/mol. The first-order valence-electron chi connectivity index (χ1n) is 7.41. The van der Waals surface area contributed by atoms with E-state index in [1.165, 1.54) is 0 Å². The van der Waals surface area contributed by atoms with E-state index in [9.17, 15) is 9.59 Å². The Kier molecular flexibility index (Phi) is 4.66. The minimum Gasteiger partial charge on any atom is -0.481 e. The van der Waals surface area contributed by atoms with Gasteiger partial charge >= 0.3 is 12.0 Å². The van der Waals surface area contributed by atoms with E-state index in [1.807, 2.05) is 9.80 Å². The maximum absolute atomic E-state index is 12.5. The number of amides is 2. The minimum atomic E-state index is -0.725. The van der Waals surface area contributed by atoms with Crippen molar-refractivity contribution in [2.75, 3.05) is 19.6 Å². The molecule has 1 saturated carbocycles. The Balaban J connectivity index is 1.86. The fraction of sp³-hybridized carbons (Fsp3) is 0.857. The van der Waals surface area contributed by atoms with Crippen molar-refractivity contribution >= 4 is 12.0 Å². The lowest BCUT2D eigenvalue weighted by atomic mass is 9.97. The van der Waals surface area contributed by atoms with Gasteiger partial charge in [-0.3, -0.25) is 4.79 Å². The SMILES string of the molecule is CCCCN(C(=O)N1CCC(C(=O)O)CC1)C1CC1. The van der Waals surface area contributed by atoms with Gasteiger partial charge < -0.3 is 14.9 Å². The molecule has 2 fully saturated rings. The lowest BCUT2D eigenvalue weighted by molar-refractivity contribution is -0.143. The van der Waals surface area contributed by atoms with Crippen molar-refractivity contribution in [1.29, 1.82) is 0 Å². The Labute approximate surface area is 114 Å². The molecule has 0 spiro atoms. The standard InChI is InChI=1S/C14H24N2O3/c1-2-3-8-16(12-4-5-12)14(19)15-9-6-11(7-10-15)13(17)18/h11-12H,2-10H2,1H3,(H,17,18). The van der Waals surface area contributed by atoms with E-state index < -0.39 is 5.97 Å². The summed E-state index contributed by atoms with van der Waals surface area (Å²) in [5.74, 6) is -0.994. The summed E-state index contributed by atoms with van der Waals surface area (Å²) in [7, 11) is 0. The number of carbonyl (C=O) groups excluding carboxylic acids is 1. The zero-order chi connectivity index (χ0) is 13.8. The average molecular weight is 268 g/mol. The van der Waals surface area contributed by atoms with Gasteiger partial charge in [0.05, 0.1) is 5.92 Å². The van der Waals surface area contributed by atoms with Gasteiger partial charge in [-0.1, -0.05) is 13.3 Å². The number of carboxylic acids is 1. The third-order valence-electron chi connectivity index (χ3n) is 4.10. The van der Waals surface area contributed by atoms with E-state index in [0.717, 1.165) is 32.2 Å². The second kappa shape index (κ2) is 6.26. The molecule has 5 heteroatoms. The largest absolute Gasteiger partial charge is 0.481 e. The number of aliphatic carboxylic acids is 1. The first-order valence-corrected chi connectivity index (χ1v) is 7.41. The minimum absolute atomic E-state index is 0.125. The molecule has 0 aromatic carbocycles. The number of piperidine rings is 1. The normalized spacial score (nSPS) is 20.4. The fourth-order valence-corrected chi connectivity index (χ4v) is 2.65. The highest BCUT2D eigenvalue weighted by Crippen LogP contribution is 2.29. The maximum atomic E-state index is 12.5. The van der Waals surface area contributed by atoms with Crippen LogP contribution < -0.4 is 0 Å². The molecular formula is C14H24N2O3. The predicted molar refractivity (Wildman–Crippen MR) is 72.0 cm³/mol. The number of carboxylic acid groups (broad SMARTS) is 1.